The first-order valence-corrected chi connectivity index (χ1v) is 7.70. The molecule has 1 aromatic carbocycles. The molecule has 0 radical (unpaired) electrons. The van der Waals surface area contributed by atoms with Gasteiger partial charge in [0, 0.05) is 12.2 Å². The quantitative estimate of drug-likeness (QED) is 0.786. The average molecular weight is 362 g/mol. The minimum Gasteiger partial charge on any atom is -0.305 e. The number of hydrogen-bond donors (Lipinski definition) is 0. The van der Waals surface area contributed by atoms with Crippen molar-refractivity contribution in [3.05, 3.63) is 47.3 Å². The van der Waals surface area contributed by atoms with Crippen LogP contribution in [0.25, 0.3) is 0 Å². The fourth-order valence-electron chi connectivity index (χ4n) is 2.89. The maximum absolute atomic E-state index is 12.8. The number of carbonyl (C=O) groups excluding carboxylic acids is 2. The molecule has 0 saturated carbocycles. The number of ketones is 1. The number of hydrogen-bond acceptors (Lipinski definition) is 4. The van der Waals surface area contributed by atoms with Gasteiger partial charge in [0.1, 0.15) is 5.69 Å². The van der Waals surface area contributed by atoms with E-state index in [2.05, 4.69) is 5.10 Å². The molecule has 0 aliphatic carbocycles. The lowest BCUT2D eigenvalue weighted by Crippen LogP contribution is -2.43. The van der Waals surface area contributed by atoms with E-state index < -0.39 is 23.4 Å². The predicted molar refractivity (Wildman–Crippen MR) is 84.6 cm³/mol. The number of nitriles is 1. The zero-order valence-electron chi connectivity index (χ0n) is 13.6. The Balaban J connectivity index is 1.98. The summed E-state index contributed by atoms with van der Waals surface area (Å²) in [7, 11) is 0. The predicted octanol–water partition coefficient (Wildman–Crippen LogP) is 3.22. The Hall–Kier alpha value is -3.15. The number of benzene rings is 1. The summed E-state index contributed by atoms with van der Waals surface area (Å²) < 4.78 is 39.6. The summed E-state index contributed by atoms with van der Waals surface area (Å²) >= 11 is 0. The number of aromatic nitrogens is 2. The van der Waals surface area contributed by atoms with Gasteiger partial charge >= 0.3 is 6.18 Å². The summed E-state index contributed by atoms with van der Waals surface area (Å²) in [4.78, 5) is 26.2. The van der Waals surface area contributed by atoms with E-state index in [1.54, 1.807) is 13.0 Å². The Kier molecular flexibility index (Phi) is 4.28. The topological polar surface area (TPSA) is 79.0 Å². The molecule has 0 spiro atoms. The SMILES string of the molecule is C[C@H]1CN(c2ccc(C(F)(F)F)cc2)C(=O)c2c(C(=O)CC#N)cnn21. The maximum Gasteiger partial charge on any atom is 0.416 e. The number of amides is 1. The van der Waals surface area contributed by atoms with Crippen molar-refractivity contribution >= 4 is 17.4 Å². The standard InChI is InChI=1S/C17H13F3N4O2/c1-10-9-23(12-4-2-11(3-5-12)17(18,19)20)16(26)15-13(8-22-24(10)15)14(25)6-7-21/h2-5,8,10H,6,9H2,1H3/t10-/m0/s1. The molecule has 26 heavy (non-hydrogen) atoms. The lowest BCUT2D eigenvalue weighted by molar-refractivity contribution is -0.137. The number of alkyl halides is 3. The van der Waals surface area contributed by atoms with Crippen LogP contribution in [-0.2, 0) is 6.18 Å². The van der Waals surface area contributed by atoms with Crippen LogP contribution in [-0.4, -0.2) is 28.0 Å². The third-order valence-electron chi connectivity index (χ3n) is 4.15. The van der Waals surface area contributed by atoms with Gasteiger partial charge in [0.15, 0.2) is 5.78 Å². The van der Waals surface area contributed by atoms with E-state index in [1.165, 1.54) is 27.9 Å². The molecule has 0 saturated heterocycles. The van der Waals surface area contributed by atoms with Gasteiger partial charge in [-0.15, -0.1) is 0 Å². The summed E-state index contributed by atoms with van der Waals surface area (Å²) in [6, 6.07) is 5.69. The molecule has 1 aromatic heterocycles. The largest absolute Gasteiger partial charge is 0.416 e. The van der Waals surface area contributed by atoms with Crippen LogP contribution in [0.4, 0.5) is 18.9 Å². The van der Waals surface area contributed by atoms with Crippen LogP contribution in [0.15, 0.2) is 30.5 Å². The molecule has 1 amide bonds. The van der Waals surface area contributed by atoms with Crippen LogP contribution in [0.2, 0.25) is 0 Å². The molecule has 6 nitrogen and oxygen atoms in total. The zero-order chi connectivity index (χ0) is 19.1. The molecule has 0 fully saturated rings. The summed E-state index contributed by atoms with van der Waals surface area (Å²) in [6.07, 6.45) is -3.60. The van der Waals surface area contributed by atoms with Gasteiger partial charge in [-0.25, -0.2) is 0 Å². The summed E-state index contributed by atoms with van der Waals surface area (Å²) in [5.41, 5.74) is -0.432. The average Bonchev–Trinajstić information content (AvgIpc) is 3.04. The van der Waals surface area contributed by atoms with Crippen molar-refractivity contribution in [3.63, 3.8) is 0 Å². The van der Waals surface area contributed by atoms with Crippen LogP contribution in [0.3, 0.4) is 0 Å². The first kappa shape index (κ1) is 17.7. The number of halogens is 3. The van der Waals surface area contributed by atoms with E-state index in [4.69, 9.17) is 5.26 Å². The molecule has 9 heteroatoms. The van der Waals surface area contributed by atoms with Gasteiger partial charge < -0.3 is 4.90 Å². The molecule has 0 unspecified atom stereocenters. The molecule has 134 valence electrons. The van der Waals surface area contributed by atoms with Crippen LogP contribution >= 0.6 is 0 Å². The fraction of sp³-hybridized carbons (Fsp3) is 0.294. The Bertz CT molecular complexity index is 910. The lowest BCUT2D eigenvalue weighted by Gasteiger charge is -2.32. The number of fused-ring (bicyclic) bond motifs is 1. The number of anilines is 1. The lowest BCUT2D eigenvalue weighted by atomic mass is 10.1. The van der Waals surface area contributed by atoms with E-state index in [1.807, 2.05) is 0 Å². The highest BCUT2D eigenvalue weighted by atomic mass is 19.4. The maximum atomic E-state index is 12.8. The van der Waals surface area contributed by atoms with Gasteiger partial charge in [0.2, 0.25) is 0 Å². The number of carbonyl (C=O) groups is 2. The van der Waals surface area contributed by atoms with Gasteiger partial charge in [-0.05, 0) is 31.2 Å². The van der Waals surface area contributed by atoms with Crippen molar-refractivity contribution < 1.29 is 22.8 Å². The molecule has 1 aliphatic rings. The highest BCUT2D eigenvalue weighted by molar-refractivity contribution is 6.13. The molecular weight excluding hydrogens is 349 g/mol. The fourth-order valence-corrected chi connectivity index (χ4v) is 2.89. The molecule has 0 N–H and O–H groups in total. The van der Waals surface area contributed by atoms with E-state index in [0.717, 1.165) is 12.1 Å². The van der Waals surface area contributed by atoms with Crippen LogP contribution in [0.5, 0.6) is 0 Å². The van der Waals surface area contributed by atoms with Gasteiger partial charge in [-0.3, -0.25) is 14.3 Å². The van der Waals surface area contributed by atoms with Gasteiger partial charge in [0.05, 0.1) is 35.9 Å². The highest BCUT2D eigenvalue weighted by Gasteiger charge is 2.36. The number of Topliss-reactive ketones (excluding diaryl/α,β-unsaturated/α-hetero) is 1. The van der Waals surface area contributed by atoms with E-state index >= 15 is 0 Å². The van der Waals surface area contributed by atoms with Crippen LogP contribution < -0.4 is 4.90 Å². The Morgan fingerprint density at radius 1 is 1.35 bits per heavy atom. The third-order valence-corrected chi connectivity index (χ3v) is 4.15. The van der Waals surface area contributed by atoms with E-state index in [0.29, 0.717) is 5.69 Å². The van der Waals surface area contributed by atoms with Gasteiger partial charge in [-0.2, -0.15) is 23.5 Å². The van der Waals surface area contributed by atoms with Crippen molar-refractivity contribution in [1.29, 1.82) is 5.26 Å². The molecule has 3 rings (SSSR count). The van der Waals surface area contributed by atoms with Crippen molar-refractivity contribution in [3.8, 4) is 6.07 Å². The molecule has 2 heterocycles. The molecule has 0 bridgehead atoms. The van der Waals surface area contributed by atoms with Crippen LogP contribution in [0.1, 0.15) is 45.8 Å². The Labute approximate surface area is 146 Å². The molecule has 2 aromatic rings. The van der Waals surface area contributed by atoms with E-state index in [-0.39, 0.29) is 30.3 Å². The highest BCUT2D eigenvalue weighted by Crippen LogP contribution is 2.32. The minimum absolute atomic E-state index is 0.0417. The van der Waals surface area contributed by atoms with Crippen molar-refractivity contribution in [2.45, 2.75) is 25.6 Å². The van der Waals surface area contributed by atoms with Crippen molar-refractivity contribution in [2.24, 2.45) is 0 Å². The summed E-state index contributed by atoms with van der Waals surface area (Å²) in [5, 5.41) is 12.8. The second-order valence-electron chi connectivity index (χ2n) is 5.92. The number of rotatable bonds is 3. The monoisotopic (exact) mass is 362 g/mol. The smallest absolute Gasteiger partial charge is 0.305 e. The minimum atomic E-state index is -4.47. The Morgan fingerprint density at radius 3 is 2.58 bits per heavy atom. The third kappa shape index (κ3) is 2.94. The molecule has 1 atom stereocenters. The zero-order valence-corrected chi connectivity index (χ0v) is 13.6. The first-order valence-electron chi connectivity index (χ1n) is 7.70. The van der Waals surface area contributed by atoms with Crippen molar-refractivity contribution in [2.75, 3.05) is 11.4 Å². The van der Waals surface area contributed by atoms with Crippen molar-refractivity contribution in [1.82, 2.24) is 9.78 Å². The molecular formula is C17H13F3N4O2. The van der Waals surface area contributed by atoms with E-state index in [9.17, 15) is 22.8 Å². The normalized spacial score (nSPS) is 17.0. The molecule has 1 aliphatic heterocycles. The summed E-state index contributed by atoms with van der Waals surface area (Å²) in [6.45, 7) is 1.98. The summed E-state index contributed by atoms with van der Waals surface area (Å²) in [5.74, 6) is -1.06. The Morgan fingerprint density at radius 2 is 2.00 bits per heavy atom. The number of nitrogens with zero attached hydrogens (tertiary/aromatic N) is 4. The van der Waals surface area contributed by atoms with Gasteiger partial charge in [-0.1, -0.05) is 0 Å². The second-order valence-corrected chi connectivity index (χ2v) is 5.92. The second kappa shape index (κ2) is 6.29. The van der Waals surface area contributed by atoms with Gasteiger partial charge in [0.25, 0.3) is 5.91 Å². The van der Waals surface area contributed by atoms with Crippen LogP contribution in [0, 0.1) is 11.3 Å². The first-order chi connectivity index (χ1) is 12.2.